The lowest BCUT2D eigenvalue weighted by molar-refractivity contribution is -0.121. The van der Waals surface area contributed by atoms with Gasteiger partial charge in [0.25, 0.3) is 0 Å². The maximum atomic E-state index is 15.0. The molecule has 0 unspecified atom stereocenters. The van der Waals surface area contributed by atoms with Crippen LogP contribution in [0.15, 0.2) is 97.1 Å². The lowest BCUT2D eigenvalue weighted by Crippen LogP contribution is -2.51. The van der Waals surface area contributed by atoms with E-state index >= 15 is 4.79 Å². The number of nitrogens with zero attached hydrogens (tertiary/aromatic N) is 1. The predicted octanol–water partition coefficient (Wildman–Crippen LogP) is 5.97. The molecule has 8 rings (SSSR count). The first-order chi connectivity index (χ1) is 20.9. The van der Waals surface area contributed by atoms with Gasteiger partial charge in [-0.15, -0.1) is 0 Å². The molecule has 4 aliphatic rings. The van der Waals surface area contributed by atoms with Gasteiger partial charge >= 0.3 is 0 Å². The zero-order valence-electron chi connectivity index (χ0n) is 23.7. The maximum Gasteiger partial charge on any atom is 0.238 e. The van der Waals surface area contributed by atoms with Gasteiger partial charge in [0.2, 0.25) is 12.7 Å². The average molecular weight is 569 g/mol. The summed E-state index contributed by atoms with van der Waals surface area (Å²) in [6.45, 7) is 4.13. The number of anilines is 2. The van der Waals surface area contributed by atoms with E-state index in [4.69, 9.17) is 9.47 Å². The monoisotopic (exact) mass is 568 g/mol. The summed E-state index contributed by atoms with van der Waals surface area (Å²) in [5.41, 5.74) is 4.76. The van der Waals surface area contributed by atoms with Crippen molar-refractivity contribution in [3.05, 3.63) is 125 Å². The molecule has 1 amide bonds. The van der Waals surface area contributed by atoms with Gasteiger partial charge in [-0.2, -0.15) is 0 Å². The van der Waals surface area contributed by atoms with Crippen molar-refractivity contribution in [1.82, 2.24) is 0 Å². The predicted molar refractivity (Wildman–Crippen MR) is 163 cm³/mol. The SMILES string of the molecule is CC1=C[C@@H]2N(c3ccc(C)cc31)[C@H](C(=O)c1ccccc1)[C@@H](C(=O)c1ccc3c(c1)OCO3)[C@]21C(=O)Nc2ccccc21. The molecule has 4 aromatic carbocycles. The van der Waals surface area contributed by atoms with E-state index in [1.165, 1.54) is 0 Å². The Kier molecular flexibility index (Phi) is 5.44. The van der Waals surface area contributed by atoms with Gasteiger partial charge in [-0.05, 0) is 61.4 Å². The molecule has 1 fully saturated rings. The van der Waals surface area contributed by atoms with Gasteiger partial charge in [0.05, 0.1) is 12.0 Å². The van der Waals surface area contributed by atoms with E-state index < -0.39 is 23.4 Å². The number of nitrogens with one attached hydrogen (secondary N) is 1. The summed E-state index contributed by atoms with van der Waals surface area (Å²) in [6, 6.07) is 26.2. The number of ketones is 2. The molecule has 4 atom stereocenters. The molecular weight excluding hydrogens is 540 g/mol. The molecule has 43 heavy (non-hydrogen) atoms. The molecule has 212 valence electrons. The third-order valence-corrected chi connectivity index (χ3v) is 9.40. The highest BCUT2D eigenvalue weighted by Gasteiger charge is 2.70. The van der Waals surface area contributed by atoms with Gasteiger partial charge in [-0.3, -0.25) is 14.4 Å². The highest BCUT2D eigenvalue weighted by atomic mass is 16.7. The van der Waals surface area contributed by atoms with Crippen LogP contribution in [0.3, 0.4) is 0 Å². The summed E-state index contributed by atoms with van der Waals surface area (Å²) in [5.74, 6) is -0.823. The van der Waals surface area contributed by atoms with Crippen molar-refractivity contribution >= 4 is 34.4 Å². The van der Waals surface area contributed by atoms with E-state index in [0.717, 1.165) is 28.0 Å². The van der Waals surface area contributed by atoms with Crippen molar-refractivity contribution in [2.75, 3.05) is 17.0 Å². The number of rotatable bonds is 4. The summed E-state index contributed by atoms with van der Waals surface area (Å²) in [5, 5.41) is 3.09. The highest BCUT2D eigenvalue weighted by molar-refractivity contribution is 6.18. The van der Waals surface area contributed by atoms with E-state index in [-0.39, 0.29) is 24.3 Å². The minimum Gasteiger partial charge on any atom is -0.454 e. The van der Waals surface area contributed by atoms with Crippen LogP contribution in [0.1, 0.15) is 44.3 Å². The van der Waals surface area contributed by atoms with Crippen molar-refractivity contribution in [3.8, 4) is 11.5 Å². The topological polar surface area (TPSA) is 84.9 Å². The Labute approximate surface area is 248 Å². The fraction of sp³-hybridized carbons (Fsp3) is 0.194. The number of fused-ring (bicyclic) bond motifs is 7. The fourth-order valence-corrected chi connectivity index (χ4v) is 7.55. The van der Waals surface area contributed by atoms with Gasteiger partial charge in [-0.25, -0.2) is 0 Å². The smallest absolute Gasteiger partial charge is 0.238 e. The zero-order chi connectivity index (χ0) is 29.5. The third kappa shape index (κ3) is 3.45. The minimum absolute atomic E-state index is 0.0708. The average Bonchev–Trinajstić information content (AvgIpc) is 3.70. The van der Waals surface area contributed by atoms with Crippen LogP contribution < -0.4 is 19.7 Å². The van der Waals surface area contributed by atoms with Crippen LogP contribution in [-0.4, -0.2) is 36.4 Å². The van der Waals surface area contributed by atoms with E-state index in [9.17, 15) is 9.59 Å². The van der Waals surface area contributed by atoms with Crippen molar-refractivity contribution in [1.29, 1.82) is 0 Å². The van der Waals surface area contributed by atoms with Gasteiger partial charge < -0.3 is 19.7 Å². The van der Waals surface area contributed by atoms with Crippen LogP contribution in [0.4, 0.5) is 11.4 Å². The second kappa shape index (κ2) is 9.16. The summed E-state index contributed by atoms with van der Waals surface area (Å²) < 4.78 is 11.1. The van der Waals surface area contributed by atoms with E-state index in [2.05, 4.69) is 17.5 Å². The molecule has 0 radical (unpaired) electrons. The Morgan fingerprint density at radius 1 is 0.837 bits per heavy atom. The molecular formula is C36H28N2O5. The number of amides is 1. The van der Waals surface area contributed by atoms with E-state index in [1.807, 2.05) is 73.3 Å². The van der Waals surface area contributed by atoms with Gasteiger partial charge in [0.15, 0.2) is 23.1 Å². The first-order valence-electron chi connectivity index (χ1n) is 14.4. The maximum absolute atomic E-state index is 15.0. The number of Topliss-reactive ketones (excluding diaryl/α,β-unsaturated/α-hetero) is 2. The largest absolute Gasteiger partial charge is 0.454 e. The molecule has 0 aliphatic carbocycles. The van der Waals surface area contributed by atoms with Crippen LogP contribution in [0.5, 0.6) is 11.5 Å². The van der Waals surface area contributed by atoms with E-state index in [0.29, 0.717) is 28.3 Å². The first-order valence-corrected chi connectivity index (χ1v) is 14.4. The van der Waals surface area contributed by atoms with Crippen LogP contribution in [0.2, 0.25) is 0 Å². The molecule has 7 nitrogen and oxygen atoms in total. The normalized spacial score (nSPS) is 24.2. The molecule has 1 spiro atoms. The summed E-state index contributed by atoms with van der Waals surface area (Å²) in [6.07, 6.45) is 2.07. The molecule has 0 bridgehead atoms. The van der Waals surface area contributed by atoms with Crippen molar-refractivity contribution in [3.63, 3.8) is 0 Å². The van der Waals surface area contributed by atoms with Gasteiger partial charge in [0, 0.05) is 28.1 Å². The number of hydrogen-bond acceptors (Lipinski definition) is 6. The Hall–Kier alpha value is -5.17. The Bertz CT molecular complexity index is 1900. The Morgan fingerprint density at radius 3 is 2.44 bits per heavy atom. The molecule has 4 aromatic rings. The van der Waals surface area contributed by atoms with Crippen LogP contribution in [0.25, 0.3) is 5.57 Å². The number of carbonyl (C=O) groups excluding carboxylic acids is 3. The van der Waals surface area contributed by atoms with Gasteiger partial charge in [-0.1, -0.05) is 66.2 Å². The third-order valence-electron chi connectivity index (χ3n) is 9.40. The van der Waals surface area contributed by atoms with Gasteiger partial charge in [0.1, 0.15) is 11.5 Å². The van der Waals surface area contributed by atoms with Crippen molar-refractivity contribution in [2.24, 2.45) is 5.92 Å². The summed E-state index contributed by atoms with van der Waals surface area (Å²) in [7, 11) is 0. The lowest BCUT2D eigenvalue weighted by atomic mass is 9.64. The quantitative estimate of drug-likeness (QED) is 0.306. The van der Waals surface area contributed by atoms with Crippen LogP contribution in [0, 0.1) is 12.8 Å². The molecule has 4 heterocycles. The number of carbonyl (C=O) groups is 3. The number of benzene rings is 4. The van der Waals surface area contributed by atoms with Crippen molar-refractivity contribution < 1.29 is 23.9 Å². The van der Waals surface area contributed by atoms with Crippen LogP contribution in [-0.2, 0) is 10.2 Å². The molecule has 0 saturated carbocycles. The molecule has 1 saturated heterocycles. The van der Waals surface area contributed by atoms with Crippen LogP contribution >= 0.6 is 0 Å². The number of ether oxygens (including phenoxy) is 2. The number of hydrogen-bond donors (Lipinski definition) is 1. The zero-order valence-corrected chi connectivity index (χ0v) is 23.7. The van der Waals surface area contributed by atoms with Crippen molar-refractivity contribution in [2.45, 2.75) is 31.3 Å². The Balaban J connectivity index is 1.43. The second-order valence-electron chi connectivity index (χ2n) is 11.7. The fourth-order valence-electron chi connectivity index (χ4n) is 7.55. The summed E-state index contributed by atoms with van der Waals surface area (Å²) >= 11 is 0. The Morgan fingerprint density at radius 2 is 1.60 bits per heavy atom. The molecule has 0 aromatic heterocycles. The highest BCUT2D eigenvalue weighted by Crippen LogP contribution is 2.59. The number of aryl methyl sites for hydroxylation is 1. The molecule has 1 N–H and O–H groups in total. The minimum atomic E-state index is -1.37. The molecule has 4 aliphatic heterocycles. The number of allylic oxidation sites excluding steroid dienone is 1. The number of para-hydroxylation sites is 1. The standard InChI is InChI=1S/C36H28N2O5/c1-20-12-14-27-24(16-20)21(2)17-30-36(25-10-6-7-11-26(25)37-35(36)41)31(32(38(27)30)34(40)22-8-4-3-5-9-22)33(39)23-13-15-28-29(18-23)43-19-42-28/h3-18,30-32H,19H2,1-2H3,(H,37,41)/t30-,31-,32-,36+/m0/s1. The lowest BCUT2D eigenvalue weighted by Gasteiger charge is -2.39. The van der Waals surface area contributed by atoms with E-state index in [1.54, 1.807) is 30.3 Å². The second-order valence-corrected chi connectivity index (χ2v) is 11.7. The summed E-state index contributed by atoms with van der Waals surface area (Å²) in [4.78, 5) is 46.4. The molecule has 7 heteroatoms. The first kappa shape index (κ1) is 25.5.